The van der Waals surface area contributed by atoms with E-state index in [1.54, 1.807) is 6.92 Å². The summed E-state index contributed by atoms with van der Waals surface area (Å²) in [6.07, 6.45) is 0. The summed E-state index contributed by atoms with van der Waals surface area (Å²) in [6, 6.07) is 6.95. The van der Waals surface area contributed by atoms with E-state index in [1.807, 2.05) is 10.0 Å². The van der Waals surface area contributed by atoms with Crippen LogP contribution in [0.2, 0.25) is 0 Å². The Kier molecular flexibility index (Phi) is 6.22. The molecule has 0 aromatic heterocycles. The first-order valence-electron chi connectivity index (χ1n) is 7.40. The monoisotopic (exact) mass is 388 g/mol. The molecule has 2 aromatic carbocycles. The summed E-state index contributed by atoms with van der Waals surface area (Å²) < 4.78 is 70.9. The first-order chi connectivity index (χ1) is 12.2. The van der Waals surface area contributed by atoms with Crippen LogP contribution in [0, 0.1) is 17.5 Å². The Morgan fingerprint density at radius 1 is 1.04 bits per heavy atom. The van der Waals surface area contributed by atoms with Crippen molar-refractivity contribution in [2.45, 2.75) is 11.8 Å². The van der Waals surface area contributed by atoms with Crippen LogP contribution in [0.15, 0.2) is 41.3 Å². The van der Waals surface area contributed by atoms with E-state index in [-0.39, 0.29) is 4.90 Å². The highest BCUT2D eigenvalue weighted by atomic mass is 32.2. The lowest BCUT2D eigenvalue weighted by atomic mass is 10.3. The van der Waals surface area contributed by atoms with Crippen molar-refractivity contribution in [3.8, 4) is 5.75 Å². The minimum Gasteiger partial charge on any atom is -0.494 e. The maximum Gasteiger partial charge on any atom is 0.241 e. The van der Waals surface area contributed by atoms with Crippen molar-refractivity contribution in [1.29, 1.82) is 0 Å². The molecule has 0 heterocycles. The fourth-order valence-electron chi connectivity index (χ4n) is 1.94. The number of hydrogen-bond donors (Lipinski definition) is 2. The highest BCUT2D eigenvalue weighted by Crippen LogP contribution is 2.19. The second kappa shape index (κ2) is 8.19. The Bertz CT molecular complexity index is 902. The van der Waals surface area contributed by atoms with Gasteiger partial charge in [0.1, 0.15) is 5.75 Å². The van der Waals surface area contributed by atoms with E-state index in [4.69, 9.17) is 4.74 Å². The number of rotatable bonds is 7. The van der Waals surface area contributed by atoms with E-state index in [2.05, 4.69) is 0 Å². The van der Waals surface area contributed by atoms with Crippen molar-refractivity contribution in [3.05, 3.63) is 53.8 Å². The molecule has 6 nitrogen and oxygen atoms in total. The van der Waals surface area contributed by atoms with Crippen molar-refractivity contribution < 1.29 is 31.1 Å². The fraction of sp³-hybridized carbons (Fsp3) is 0.188. The van der Waals surface area contributed by atoms with Gasteiger partial charge in [0.2, 0.25) is 15.9 Å². The summed E-state index contributed by atoms with van der Waals surface area (Å²) in [5.41, 5.74) is -0.603. The van der Waals surface area contributed by atoms with Crippen LogP contribution in [0.1, 0.15) is 6.92 Å². The smallest absolute Gasteiger partial charge is 0.241 e. The predicted molar refractivity (Wildman–Crippen MR) is 87.7 cm³/mol. The fourth-order valence-corrected chi connectivity index (χ4v) is 2.92. The number of benzene rings is 2. The van der Waals surface area contributed by atoms with E-state index in [9.17, 15) is 26.4 Å². The molecule has 1 amide bonds. The number of amides is 1. The molecular weight excluding hydrogens is 373 g/mol. The van der Waals surface area contributed by atoms with Crippen LogP contribution in [0.4, 0.5) is 18.9 Å². The molecule has 0 atom stereocenters. The van der Waals surface area contributed by atoms with Crippen LogP contribution in [0.25, 0.3) is 0 Å². The Labute approximate surface area is 148 Å². The van der Waals surface area contributed by atoms with Crippen molar-refractivity contribution in [2.24, 2.45) is 0 Å². The number of hydrogen-bond acceptors (Lipinski definition) is 4. The van der Waals surface area contributed by atoms with Crippen LogP contribution in [-0.4, -0.2) is 27.5 Å². The third kappa shape index (κ3) is 4.73. The molecule has 2 aromatic rings. The number of ether oxygens (including phenoxy) is 1. The molecule has 10 heteroatoms. The Morgan fingerprint density at radius 3 is 2.31 bits per heavy atom. The van der Waals surface area contributed by atoms with Crippen molar-refractivity contribution in [3.63, 3.8) is 0 Å². The summed E-state index contributed by atoms with van der Waals surface area (Å²) in [5, 5.41) is 1.96. The van der Waals surface area contributed by atoms with Crippen molar-refractivity contribution >= 4 is 21.6 Å². The number of carbonyl (C=O) groups is 1. The standard InChI is InChI=1S/C16H15F3N2O4S/c1-2-25-10-3-5-11(6-4-10)26(23,24)20-9-14(22)21-13-8-7-12(17)15(18)16(13)19/h3-8,20H,2,9H2,1H3,(H,21,22). The summed E-state index contributed by atoms with van der Waals surface area (Å²) in [5.74, 6) is -5.19. The number of nitrogens with one attached hydrogen (secondary N) is 2. The number of halogens is 3. The molecule has 2 rings (SSSR count). The van der Waals surface area contributed by atoms with Gasteiger partial charge in [0.25, 0.3) is 0 Å². The summed E-state index contributed by atoms with van der Waals surface area (Å²) in [7, 11) is -4.00. The molecule has 0 aliphatic rings. The van der Waals surface area contributed by atoms with Crippen LogP contribution in [0.5, 0.6) is 5.75 Å². The third-order valence-corrected chi connectivity index (χ3v) is 4.59. The van der Waals surface area contributed by atoms with Gasteiger partial charge in [-0.1, -0.05) is 0 Å². The Hall–Kier alpha value is -2.59. The number of carbonyl (C=O) groups excluding carboxylic acids is 1. The average Bonchev–Trinajstić information content (AvgIpc) is 2.61. The summed E-state index contributed by atoms with van der Waals surface area (Å²) in [4.78, 5) is 11.6. The normalized spacial score (nSPS) is 11.2. The lowest BCUT2D eigenvalue weighted by molar-refractivity contribution is -0.115. The van der Waals surface area contributed by atoms with Gasteiger partial charge in [-0.2, -0.15) is 0 Å². The van der Waals surface area contributed by atoms with Gasteiger partial charge in [-0.3, -0.25) is 4.79 Å². The van der Waals surface area contributed by atoms with Crippen LogP contribution < -0.4 is 14.8 Å². The zero-order chi connectivity index (χ0) is 19.3. The van der Waals surface area contributed by atoms with Crippen LogP contribution in [0.3, 0.4) is 0 Å². The highest BCUT2D eigenvalue weighted by molar-refractivity contribution is 7.89. The Balaban J connectivity index is 2.00. The third-order valence-electron chi connectivity index (χ3n) is 3.18. The van der Waals surface area contributed by atoms with Gasteiger partial charge in [0, 0.05) is 0 Å². The molecule has 0 fully saturated rings. The van der Waals surface area contributed by atoms with Crippen molar-refractivity contribution in [2.75, 3.05) is 18.5 Å². The quantitative estimate of drug-likeness (QED) is 0.714. The maximum absolute atomic E-state index is 13.5. The molecule has 0 aliphatic heterocycles. The second-order valence-electron chi connectivity index (χ2n) is 5.00. The molecule has 0 saturated heterocycles. The molecule has 0 aliphatic carbocycles. The van der Waals surface area contributed by atoms with Crippen LogP contribution >= 0.6 is 0 Å². The molecule has 0 unspecified atom stereocenters. The van der Waals surface area contributed by atoms with Gasteiger partial charge in [0.15, 0.2) is 17.5 Å². The minimum atomic E-state index is -4.00. The average molecular weight is 388 g/mol. The molecule has 2 N–H and O–H groups in total. The largest absolute Gasteiger partial charge is 0.494 e. The lowest BCUT2D eigenvalue weighted by Gasteiger charge is -2.09. The first-order valence-corrected chi connectivity index (χ1v) is 8.88. The zero-order valence-corrected chi connectivity index (χ0v) is 14.4. The van der Waals surface area contributed by atoms with E-state index in [0.29, 0.717) is 18.4 Å². The van der Waals surface area contributed by atoms with Gasteiger partial charge in [-0.15, -0.1) is 0 Å². The Morgan fingerprint density at radius 2 is 1.69 bits per heavy atom. The molecule has 0 spiro atoms. The van der Waals surface area contributed by atoms with Crippen LogP contribution in [-0.2, 0) is 14.8 Å². The SMILES string of the molecule is CCOc1ccc(S(=O)(=O)NCC(=O)Nc2ccc(F)c(F)c2F)cc1. The lowest BCUT2D eigenvalue weighted by Crippen LogP contribution is -2.33. The predicted octanol–water partition coefficient (Wildman–Crippen LogP) is 2.42. The van der Waals surface area contributed by atoms with E-state index < -0.39 is 45.6 Å². The minimum absolute atomic E-state index is 0.104. The van der Waals surface area contributed by atoms with Crippen molar-refractivity contribution in [1.82, 2.24) is 4.72 Å². The number of anilines is 1. The summed E-state index contributed by atoms with van der Waals surface area (Å²) in [6.45, 7) is 1.47. The first kappa shape index (κ1) is 19.7. The van der Waals surface area contributed by atoms with Gasteiger partial charge in [0.05, 0.1) is 23.7 Å². The van der Waals surface area contributed by atoms with Gasteiger partial charge in [-0.25, -0.2) is 26.3 Å². The summed E-state index contributed by atoms with van der Waals surface area (Å²) >= 11 is 0. The molecule has 0 bridgehead atoms. The van der Waals surface area contributed by atoms with E-state index in [0.717, 1.165) is 6.07 Å². The molecule has 140 valence electrons. The maximum atomic E-state index is 13.5. The molecule has 0 saturated carbocycles. The molecule has 0 radical (unpaired) electrons. The topological polar surface area (TPSA) is 84.5 Å². The van der Waals surface area contributed by atoms with Gasteiger partial charge < -0.3 is 10.1 Å². The van der Waals surface area contributed by atoms with E-state index in [1.165, 1.54) is 24.3 Å². The molecular formula is C16H15F3N2O4S. The van der Waals surface area contributed by atoms with Gasteiger partial charge in [-0.05, 0) is 43.3 Å². The second-order valence-corrected chi connectivity index (χ2v) is 6.77. The highest BCUT2D eigenvalue weighted by Gasteiger charge is 2.18. The molecule has 26 heavy (non-hydrogen) atoms. The zero-order valence-electron chi connectivity index (χ0n) is 13.6. The van der Waals surface area contributed by atoms with Gasteiger partial charge >= 0.3 is 0 Å². The number of sulfonamides is 1. The van der Waals surface area contributed by atoms with E-state index >= 15 is 0 Å².